The van der Waals surface area contributed by atoms with E-state index in [2.05, 4.69) is 38.2 Å². The number of hydrogen-bond acceptors (Lipinski definition) is 4. The lowest BCUT2D eigenvalue weighted by Gasteiger charge is -2.40. The highest BCUT2D eigenvalue weighted by atomic mass is 16.5. The van der Waals surface area contributed by atoms with Gasteiger partial charge in [0.1, 0.15) is 11.9 Å². The average Bonchev–Trinajstić information content (AvgIpc) is 2.76. The van der Waals surface area contributed by atoms with Crippen LogP contribution in [0, 0.1) is 11.3 Å². The third kappa shape index (κ3) is 2.11. The lowest BCUT2D eigenvalue weighted by atomic mass is 9.63. The Hall–Kier alpha value is -1.26. The minimum Gasteiger partial charge on any atom is -0.498 e. The molecule has 2 N–H and O–H groups in total. The number of rotatable bonds is 1. The van der Waals surface area contributed by atoms with Gasteiger partial charge in [-0.15, -0.1) is 0 Å². The van der Waals surface area contributed by atoms with Crippen LogP contribution in [0.25, 0.3) is 0 Å². The Morgan fingerprint density at radius 2 is 2.13 bits per heavy atom. The highest BCUT2D eigenvalue weighted by Gasteiger charge is 2.61. The topological polar surface area (TPSA) is 50.7 Å². The van der Waals surface area contributed by atoms with Crippen molar-refractivity contribution in [1.82, 2.24) is 5.32 Å². The summed E-state index contributed by atoms with van der Waals surface area (Å²) in [5.41, 5.74) is 2.55. The van der Waals surface area contributed by atoms with Crippen LogP contribution in [-0.2, 0) is 9.47 Å². The van der Waals surface area contributed by atoms with E-state index in [1.165, 1.54) is 11.3 Å². The molecular weight excluding hydrogens is 290 g/mol. The number of aliphatic hydroxyl groups is 1. The molecule has 0 saturated carbocycles. The van der Waals surface area contributed by atoms with Crippen molar-refractivity contribution in [2.45, 2.75) is 63.9 Å². The zero-order valence-electron chi connectivity index (χ0n) is 14.4. The van der Waals surface area contributed by atoms with Gasteiger partial charge in [-0.1, -0.05) is 12.2 Å². The van der Waals surface area contributed by atoms with Gasteiger partial charge in [0.15, 0.2) is 0 Å². The molecule has 2 heterocycles. The molecule has 2 aliphatic carbocycles. The number of methoxy groups -OCH3 is 1. The molecule has 23 heavy (non-hydrogen) atoms. The van der Waals surface area contributed by atoms with E-state index in [0.717, 1.165) is 18.6 Å². The third-order valence-corrected chi connectivity index (χ3v) is 6.14. The van der Waals surface area contributed by atoms with E-state index in [-0.39, 0.29) is 29.1 Å². The lowest BCUT2D eigenvalue weighted by Crippen LogP contribution is -2.44. The highest BCUT2D eigenvalue weighted by molar-refractivity contribution is 5.41. The summed E-state index contributed by atoms with van der Waals surface area (Å²) < 4.78 is 12.1. The predicted octanol–water partition coefficient (Wildman–Crippen LogP) is 2.66. The highest BCUT2D eigenvalue weighted by Crippen LogP contribution is 2.59. The minimum atomic E-state index is -0.404. The monoisotopic (exact) mass is 317 g/mol. The zero-order chi connectivity index (χ0) is 16.4. The number of aliphatic hydroxyl groups excluding tert-OH is 1. The molecule has 4 nitrogen and oxygen atoms in total. The Labute approximate surface area is 138 Å². The molecule has 0 aromatic heterocycles. The number of ether oxygens (including phenoxy) is 2. The number of allylic oxidation sites excluding steroid dienone is 2. The van der Waals surface area contributed by atoms with Crippen molar-refractivity contribution in [3.8, 4) is 0 Å². The van der Waals surface area contributed by atoms with Crippen molar-refractivity contribution >= 4 is 0 Å². The van der Waals surface area contributed by atoms with Gasteiger partial charge in [-0.05, 0) is 45.3 Å². The Morgan fingerprint density at radius 3 is 2.87 bits per heavy atom. The van der Waals surface area contributed by atoms with E-state index >= 15 is 0 Å². The SMILES string of the molecule is COC1=CC(C)=C2NC(C)(C)CC[C@]34C=C[C@H](O)C[C@@H]3OC1C24. The molecule has 0 amide bonds. The maximum absolute atomic E-state index is 10.1. The molecule has 0 radical (unpaired) electrons. The fraction of sp³-hybridized carbons (Fsp3) is 0.684. The van der Waals surface area contributed by atoms with Crippen LogP contribution in [-0.4, -0.2) is 36.1 Å². The van der Waals surface area contributed by atoms with Gasteiger partial charge in [-0.25, -0.2) is 0 Å². The minimum absolute atomic E-state index is 0.0424. The fourth-order valence-corrected chi connectivity index (χ4v) is 4.92. The number of nitrogens with one attached hydrogen (secondary N) is 1. The second-order valence-corrected chi connectivity index (χ2v) is 8.15. The number of hydrogen-bond donors (Lipinski definition) is 2. The summed E-state index contributed by atoms with van der Waals surface area (Å²) in [5.74, 6) is 1.16. The molecule has 0 aromatic carbocycles. The van der Waals surface area contributed by atoms with Crippen LogP contribution < -0.4 is 5.32 Å². The molecule has 4 rings (SSSR count). The van der Waals surface area contributed by atoms with Gasteiger partial charge in [0.25, 0.3) is 0 Å². The summed E-state index contributed by atoms with van der Waals surface area (Å²) in [6, 6.07) is 0. The molecule has 126 valence electrons. The predicted molar refractivity (Wildman–Crippen MR) is 88.6 cm³/mol. The van der Waals surface area contributed by atoms with E-state index in [1.807, 2.05) is 6.08 Å². The van der Waals surface area contributed by atoms with Gasteiger partial charge in [-0.3, -0.25) is 0 Å². The first kappa shape index (κ1) is 15.3. The molecule has 4 aliphatic rings. The first-order valence-corrected chi connectivity index (χ1v) is 8.64. The Kier molecular flexibility index (Phi) is 3.23. The second-order valence-electron chi connectivity index (χ2n) is 8.15. The smallest absolute Gasteiger partial charge is 0.125 e. The molecule has 5 atom stereocenters. The first-order valence-electron chi connectivity index (χ1n) is 8.64. The van der Waals surface area contributed by atoms with Gasteiger partial charge in [0.05, 0.1) is 19.3 Å². The summed E-state index contributed by atoms with van der Waals surface area (Å²) in [7, 11) is 1.72. The summed E-state index contributed by atoms with van der Waals surface area (Å²) >= 11 is 0. The van der Waals surface area contributed by atoms with Crippen molar-refractivity contribution in [2.75, 3.05) is 7.11 Å². The zero-order valence-corrected chi connectivity index (χ0v) is 14.4. The van der Waals surface area contributed by atoms with Gasteiger partial charge < -0.3 is 19.9 Å². The Bertz CT molecular complexity index is 618. The fourth-order valence-electron chi connectivity index (χ4n) is 4.92. The molecule has 2 unspecified atom stereocenters. The van der Waals surface area contributed by atoms with E-state index in [4.69, 9.17) is 9.47 Å². The lowest BCUT2D eigenvalue weighted by molar-refractivity contribution is -0.0159. The van der Waals surface area contributed by atoms with Crippen LogP contribution in [0.1, 0.15) is 40.0 Å². The van der Waals surface area contributed by atoms with Crippen molar-refractivity contribution < 1.29 is 14.6 Å². The van der Waals surface area contributed by atoms with Crippen molar-refractivity contribution in [3.05, 3.63) is 35.3 Å². The Balaban J connectivity index is 1.89. The third-order valence-electron chi connectivity index (χ3n) is 6.14. The molecule has 1 spiro atoms. The molecule has 4 heteroatoms. The molecule has 2 fully saturated rings. The quantitative estimate of drug-likeness (QED) is 0.730. The molecule has 0 bridgehead atoms. The average molecular weight is 317 g/mol. The maximum Gasteiger partial charge on any atom is 0.125 e. The summed E-state index contributed by atoms with van der Waals surface area (Å²) in [6.07, 6.45) is 8.73. The van der Waals surface area contributed by atoms with Crippen LogP contribution in [0.3, 0.4) is 0 Å². The van der Waals surface area contributed by atoms with E-state index in [9.17, 15) is 5.11 Å². The van der Waals surface area contributed by atoms with Gasteiger partial charge >= 0.3 is 0 Å². The standard InChI is InChI=1S/C19H27NO3/c1-11-9-13(22-4)17-15-16(11)20-18(2,3)7-8-19(15)6-5-12(21)10-14(19)23-17/h5-6,9,12,14-15,17,20-21H,7-8,10H2,1-4H3/t12-,14-,15?,17?,19+/m0/s1. The van der Waals surface area contributed by atoms with E-state index in [1.54, 1.807) is 7.11 Å². The Morgan fingerprint density at radius 1 is 1.35 bits per heavy atom. The van der Waals surface area contributed by atoms with Crippen LogP contribution >= 0.6 is 0 Å². The second kappa shape index (κ2) is 4.87. The van der Waals surface area contributed by atoms with Crippen LogP contribution in [0.4, 0.5) is 0 Å². The molecule has 2 saturated heterocycles. The summed E-state index contributed by atoms with van der Waals surface area (Å²) in [6.45, 7) is 6.70. The summed E-state index contributed by atoms with van der Waals surface area (Å²) in [5, 5.41) is 13.9. The molecular formula is C19H27NO3. The van der Waals surface area contributed by atoms with Gasteiger partial charge in [-0.2, -0.15) is 0 Å². The summed E-state index contributed by atoms with van der Waals surface area (Å²) in [4.78, 5) is 0. The normalized spacial score (nSPS) is 44.0. The van der Waals surface area contributed by atoms with E-state index in [0.29, 0.717) is 6.42 Å². The largest absolute Gasteiger partial charge is 0.498 e. The van der Waals surface area contributed by atoms with Crippen LogP contribution in [0.2, 0.25) is 0 Å². The van der Waals surface area contributed by atoms with Crippen LogP contribution in [0.15, 0.2) is 35.3 Å². The van der Waals surface area contributed by atoms with E-state index < -0.39 is 6.10 Å². The van der Waals surface area contributed by atoms with Crippen molar-refractivity contribution in [3.63, 3.8) is 0 Å². The van der Waals surface area contributed by atoms with Crippen LogP contribution in [0.5, 0.6) is 0 Å². The van der Waals surface area contributed by atoms with Gasteiger partial charge in [0, 0.05) is 29.0 Å². The molecule has 0 aromatic rings. The van der Waals surface area contributed by atoms with Crippen molar-refractivity contribution in [1.29, 1.82) is 0 Å². The van der Waals surface area contributed by atoms with Crippen molar-refractivity contribution in [2.24, 2.45) is 11.3 Å². The first-order chi connectivity index (χ1) is 10.9. The molecule has 2 aliphatic heterocycles. The van der Waals surface area contributed by atoms with Gasteiger partial charge in [0.2, 0.25) is 0 Å². The maximum atomic E-state index is 10.1.